The van der Waals surface area contributed by atoms with Crippen molar-refractivity contribution in [3.8, 4) is 11.4 Å². The van der Waals surface area contributed by atoms with E-state index in [2.05, 4.69) is 46.2 Å². The Hall–Kier alpha value is -2.25. The van der Waals surface area contributed by atoms with Gasteiger partial charge in [-0.2, -0.15) is 0 Å². The van der Waals surface area contributed by atoms with Crippen LogP contribution in [0.25, 0.3) is 21.6 Å². The molecule has 0 spiro atoms. The monoisotopic (exact) mass is 354 g/mol. The molecular weight excluding hydrogens is 332 g/mol. The lowest BCUT2D eigenvalue weighted by Gasteiger charge is -2.14. The Morgan fingerprint density at radius 1 is 1.28 bits per heavy atom. The summed E-state index contributed by atoms with van der Waals surface area (Å²) in [5, 5.41) is 12.4. The van der Waals surface area contributed by atoms with Crippen LogP contribution in [0.1, 0.15) is 20.3 Å². The summed E-state index contributed by atoms with van der Waals surface area (Å²) in [6, 6.07) is 6.77. The largest absolute Gasteiger partial charge is 0.368 e. The van der Waals surface area contributed by atoms with Gasteiger partial charge in [0.25, 0.3) is 0 Å². The van der Waals surface area contributed by atoms with Crippen molar-refractivity contribution in [1.29, 1.82) is 0 Å². The van der Waals surface area contributed by atoms with E-state index >= 15 is 0 Å². The molecule has 1 atom stereocenters. The van der Waals surface area contributed by atoms with Crippen LogP contribution in [-0.2, 0) is 0 Å². The maximum absolute atomic E-state index is 4.83. The number of anilines is 2. The zero-order valence-corrected chi connectivity index (χ0v) is 15.2. The van der Waals surface area contributed by atoms with Crippen LogP contribution in [0, 0.1) is 0 Å². The molecule has 6 nitrogen and oxygen atoms in total. The number of nitrogens with zero attached hydrogens (tertiary/aromatic N) is 3. The van der Waals surface area contributed by atoms with E-state index in [1.807, 2.05) is 12.1 Å². The smallest absolute Gasteiger partial charge is 0.162 e. The molecule has 0 amide bonds. The molecule has 0 bridgehead atoms. The van der Waals surface area contributed by atoms with Crippen molar-refractivity contribution in [2.45, 2.75) is 32.4 Å². The molecule has 4 heterocycles. The normalized spacial score (nSPS) is 17.3. The fourth-order valence-corrected chi connectivity index (χ4v) is 3.79. The number of fused-ring (bicyclic) bond motifs is 1. The van der Waals surface area contributed by atoms with Gasteiger partial charge in [0.05, 0.1) is 10.2 Å². The van der Waals surface area contributed by atoms with Gasteiger partial charge < -0.3 is 16.0 Å². The summed E-state index contributed by atoms with van der Waals surface area (Å²) in [5.41, 5.74) is 1.96. The van der Waals surface area contributed by atoms with E-state index in [1.165, 1.54) is 0 Å². The first-order valence-corrected chi connectivity index (χ1v) is 9.52. The second kappa shape index (κ2) is 6.93. The summed E-state index contributed by atoms with van der Waals surface area (Å²) < 4.78 is 1.12. The molecule has 1 aliphatic rings. The highest BCUT2D eigenvalue weighted by Gasteiger charge is 2.18. The average molecular weight is 354 g/mol. The van der Waals surface area contributed by atoms with Gasteiger partial charge in [-0.1, -0.05) is 0 Å². The van der Waals surface area contributed by atoms with Gasteiger partial charge >= 0.3 is 0 Å². The lowest BCUT2D eigenvalue weighted by molar-refractivity contribution is 0.789. The average Bonchev–Trinajstić information content (AvgIpc) is 3.25. The topological polar surface area (TPSA) is 74.8 Å². The summed E-state index contributed by atoms with van der Waals surface area (Å²) in [4.78, 5) is 14.0. The highest BCUT2D eigenvalue weighted by atomic mass is 32.1. The predicted octanol–water partition coefficient (Wildman–Crippen LogP) is 3.35. The van der Waals surface area contributed by atoms with Crippen molar-refractivity contribution in [2.75, 3.05) is 23.7 Å². The molecule has 1 fully saturated rings. The summed E-state index contributed by atoms with van der Waals surface area (Å²) >= 11 is 1.68. The van der Waals surface area contributed by atoms with Crippen molar-refractivity contribution in [3.63, 3.8) is 0 Å². The fraction of sp³-hybridized carbons (Fsp3) is 0.389. The van der Waals surface area contributed by atoms with E-state index in [9.17, 15) is 0 Å². The number of thiophene rings is 1. The standard InChI is InChI=1S/C18H22N6S/c1-11(2)21-15-9-12(3-7-20-15)17-23-14-5-8-25-16(14)18(24-17)22-13-4-6-19-10-13/h3,5,7-9,11,13,19H,4,6,10H2,1-2H3,(H,20,21)(H,22,23,24). The van der Waals surface area contributed by atoms with Gasteiger partial charge in [-0.25, -0.2) is 15.0 Å². The second-order valence-electron chi connectivity index (χ2n) is 6.59. The van der Waals surface area contributed by atoms with Crippen molar-refractivity contribution in [2.24, 2.45) is 0 Å². The quantitative estimate of drug-likeness (QED) is 0.652. The van der Waals surface area contributed by atoms with Gasteiger partial charge in [0.15, 0.2) is 5.82 Å². The van der Waals surface area contributed by atoms with E-state index in [-0.39, 0.29) is 0 Å². The van der Waals surface area contributed by atoms with Crippen LogP contribution in [0.2, 0.25) is 0 Å². The summed E-state index contributed by atoms with van der Waals surface area (Å²) in [6.07, 6.45) is 2.92. The fourth-order valence-electron chi connectivity index (χ4n) is 3.01. The van der Waals surface area contributed by atoms with E-state index in [4.69, 9.17) is 9.97 Å². The van der Waals surface area contributed by atoms with Crippen LogP contribution in [-0.4, -0.2) is 40.1 Å². The molecule has 3 N–H and O–H groups in total. The van der Waals surface area contributed by atoms with E-state index in [1.54, 1.807) is 17.5 Å². The lowest BCUT2D eigenvalue weighted by Crippen LogP contribution is -2.22. The molecule has 0 aromatic carbocycles. The molecule has 3 aromatic heterocycles. The van der Waals surface area contributed by atoms with Gasteiger partial charge in [0.2, 0.25) is 0 Å². The van der Waals surface area contributed by atoms with Gasteiger partial charge in [-0.3, -0.25) is 0 Å². The van der Waals surface area contributed by atoms with Crippen LogP contribution in [0.15, 0.2) is 29.8 Å². The van der Waals surface area contributed by atoms with Crippen molar-refractivity contribution in [1.82, 2.24) is 20.3 Å². The van der Waals surface area contributed by atoms with E-state index in [0.717, 1.165) is 52.8 Å². The number of rotatable bonds is 5. The van der Waals surface area contributed by atoms with Crippen molar-refractivity contribution in [3.05, 3.63) is 29.8 Å². The molecule has 0 saturated carbocycles. The SMILES string of the molecule is CC(C)Nc1cc(-c2nc(NC3CCNC3)c3sccc3n2)ccn1. The molecule has 1 aliphatic heterocycles. The molecule has 0 radical (unpaired) electrons. The third-order valence-corrected chi connectivity index (χ3v) is 5.07. The first kappa shape index (κ1) is 16.2. The highest BCUT2D eigenvalue weighted by molar-refractivity contribution is 7.17. The molecule has 1 unspecified atom stereocenters. The number of aromatic nitrogens is 3. The van der Waals surface area contributed by atoms with Crippen molar-refractivity contribution >= 4 is 33.2 Å². The number of pyridine rings is 1. The Kier molecular flexibility index (Phi) is 4.50. The third-order valence-electron chi connectivity index (χ3n) is 4.16. The Balaban J connectivity index is 1.72. The Morgan fingerprint density at radius 3 is 3.00 bits per heavy atom. The third kappa shape index (κ3) is 3.57. The van der Waals surface area contributed by atoms with E-state index < -0.39 is 0 Å². The molecule has 7 heteroatoms. The maximum Gasteiger partial charge on any atom is 0.162 e. The minimum Gasteiger partial charge on any atom is -0.368 e. The summed E-state index contributed by atoms with van der Waals surface area (Å²) in [6.45, 7) is 6.22. The van der Waals surface area contributed by atoms with E-state index in [0.29, 0.717) is 12.1 Å². The maximum atomic E-state index is 4.83. The molecule has 0 aliphatic carbocycles. The van der Waals surface area contributed by atoms with Gasteiger partial charge in [-0.05, 0) is 50.4 Å². The number of hydrogen-bond acceptors (Lipinski definition) is 7. The van der Waals surface area contributed by atoms with Gasteiger partial charge in [0.1, 0.15) is 11.6 Å². The first-order valence-electron chi connectivity index (χ1n) is 8.64. The van der Waals surface area contributed by atoms with Crippen LogP contribution in [0.5, 0.6) is 0 Å². The second-order valence-corrected chi connectivity index (χ2v) is 7.51. The molecule has 25 heavy (non-hydrogen) atoms. The summed E-state index contributed by atoms with van der Waals surface area (Å²) in [7, 11) is 0. The first-order chi connectivity index (χ1) is 12.2. The minimum absolute atomic E-state index is 0.329. The molecule has 1 saturated heterocycles. The number of nitrogens with one attached hydrogen (secondary N) is 3. The zero-order chi connectivity index (χ0) is 17.2. The zero-order valence-electron chi connectivity index (χ0n) is 14.4. The predicted molar refractivity (Wildman–Crippen MR) is 104 cm³/mol. The van der Waals surface area contributed by atoms with Crippen LogP contribution >= 0.6 is 11.3 Å². The highest BCUT2D eigenvalue weighted by Crippen LogP contribution is 2.30. The molecule has 4 rings (SSSR count). The lowest BCUT2D eigenvalue weighted by atomic mass is 10.2. The minimum atomic E-state index is 0.329. The van der Waals surface area contributed by atoms with Gasteiger partial charge in [-0.15, -0.1) is 11.3 Å². The van der Waals surface area contributed by atoms with Gasteiger partial charge in [0, 0.05) is 30.4 Å². The van der Waals surface area contributed by atoms with Crippen molar-refractivity contribution < 1.29 is 0 Å². The Morgan fingerprint density at radius 2 is 2.20 bits per heavy atom. The van der Waals surface area contributed by atoms with Crippen LogP contribution in [0.4, 0.5) is 11.6 Å². The van der Waals surface area contributed by atoms with Crippen LogP contribution < -0.4 is 16.0 Å². The number of hydrogen-bond donors (Lipinski definition) is 3. The summed E-state index contributed by atoms with van der Waals surface area (Å²) in [5.74, 6) is 2.50. The Labute approximate surface area is 151 Å². The van der Waals surface area contributed by atoms with Crippen LogP contribution in [0.3, 0.4) is 0 Å². The Bertz CT molecular complexity index is 869. The molecule has 3 aromatic rings. The molecular formula is C18H22N6S. The molecule has 130 valence electrons.